The molecule has 0 radical (unpaired) electrons. The molecule has 0 N–H and O–H groups in total. The van der Waals surface area contributed by atoms with Crippen molar-refractivity contribution in [1.82, 2.24) is 0 Å². The molecule has 0 aliphatic rings. The quantitative estimate of drug-likeness (QED) is 0.0534. The topological polar surface area (TPSA) is 52.6 Å². The Morgan fingerprint density at radius 3 is 1.29 bits per heavy atom. The molecule has 0 rings (SSSR count). The van der Waals surface area contributed by atoms with Gasteiger partial charge >= 0.3 is 229 Å². The Morgan fingerprint density at radius 1 is 0.543 bits per heavy atom. The fourth-order valence-corrected chi connectivity index (χ4v) is 33.9. The molecule has 0 aliphatic carbocycles. The molecular formula is C28H56O4S2Sn. The molecule has 0 atom stereocenters. The van der Waals surface area contributed by atoms with Gasteiger partial charge in [0.15, 0.2) is 0 Å². The second kappa shape index (κ2) is 26.1. The van der Waals surface area contributed by atoms with E-state index in [1.54, 1.807) is 0 Å². The van der Waals surface area contributed by atoms with Crippen molar-refractivity contribution in [2.75, 3.05) is 24.7 Å². The van der Waals surface area contributed by atoms with E-state index < -0.39 is 15.6 Å². The number of ether oxygens (including phenoxy) is 2. The summed E-state index contributed by atoms with van der Waals surface area (Å²) in [6, 6.07) is 0. The molecule has 0 spiro atoms. The molecule has 0 unspecified atom stereocenters. The molecule has 0 fully saturated rings. The summed E-state index contributed by atoms with van der Waals surface area (Å²) in [5.74, 6) is 1.80. The summed E-state index contributed by atoms with van der Waals surface area (Å²) in [7, 11) is 4.32. The van der Waals surface area contributed by atoms with E-state index in [1.165, 1.54) is 73.1 Å². The molecule has 208 valence electrons. The summed E-state index contributed by atoms with van der Waals surface area (Å²) in [4.78, 5) is 24.2. The molecule has 0 aromatic heterocycles. The van der Waals surface area contributed by atoms with Crippen LogP contribution in [0.15, 0.2) is 0 Å². The Balaban J connectivity index is 4.43. The van der Waals surface area contributed by atoms with Crippen molar-refractivity contribution in [3.05, 3.63) is 0 Å². The third-order valence-electron chi connectivity index (χ3n) is 6.21. The van der Waals surface area contributed by atoms with Crippen LogP contribution in [0.4, 0.5) is 0 Å². The maximum atomic E-state index is 12.1. The Hall–Kier alpha value is 0.439. The molecular weight excluding hydrogens is 583 g/mol. The van der Waals surface area contributed by atoms with Gasteiger partial charge in [0, 0.05) is 0 Å². The average molecular weight is 640 g/mol. The monoisotopic (exact) mass is 640 g/mol. The van der Waals surface area contributed by atoms with Gasteiger partial charge in [0.1, 0.15) is 0 Å². The summed E-state index contributed by atoms with van der Waals surface area (Å²) in [6.07, 6.45) is 17.7. The van der Waals surface area contributed by atoms with Crippen LogP contribution in [-0.2, 0) is 19.1 Å². The summed E-state index contributed by atoms with van der Waals surface area (Å²) >= 11 is -2.50. The van der Waals surface area contributed by atoms with Crippen LogP contribution in [0.2, 0.25) is 8.87 Å². The van der Waals surface area contributed by atoms with Crippen LogP contribution in [0.1, 0.15) is 130 Å². The molecule has 0 saturated carbocycles. The van der Waals surface area contributed by atoms with E-state index in [1.807, 2.05) is 0 Å². The van der Waals surface area contributed by atoms with Gasteiger partial charge in [0.05, 0.1) is 0 Å². The number of carbonyl (C=O) groups is 2. The minimum atomic E-state index is -2.50. The predicted molar refractivity (Wildman–Crippen MR) is 159 cm³/mol. The van der Waals surface area contributed by atoms with Crippen molar-refractivity contribution >= 4 is 45.4 Å². The van der Waals surface area contributed by atoms with Crippen LogP contribution in [0.3, 0.4) is 0 Å². The molecule has 4 nitrogen and oxygen atoms in total. The van der Waals surface area contributed by atoms with Gasteiger partial charge in [0.25, 0.3) is 0 Å². The van der Waals surface area contributed by atoms with Crippen LogP contribution in [-0.4, -0.2) is 52.3 Å². The van der Waals surface area contributed by atoms with Gasteiger partial charge < -0.3 is 0 Å². The van der Waals surface area contributed by atoms with Gasteiger partial charge in [-0.2, -0.15) is 0 Å². The van der Waals surface area contributed by atoms with E-state index in [4.69, 9.17) is 9.47 Å². The van der Waals surface area contributed by atoms with Gasteiger partial charge in [0.2, 0.25) is 0 Å². The molecule has 0 aromatic rings. The normalized spacial score (nSPS) is 11.5. The van der Waals surface area contributed by atoms with Crippen LogP contribution < -0.4 is 0 Å². The van der Waals surface area contributed by atoms with E-state index in [2.05, 4.69) is 45.6 Å². The number of unbranched alkanes of at least 4 members (excludes halogenated alkanes) is 10. The van der Waals surface area contributed by atoms with E-state index in [-0.39, 0.29) is 11.9 Å². The Labute approximate surface area is 227 Å². The number of rotatable bonds is 26. The molecule has 0 aliphatic heterocycles. The predicted octanol–water partition coefficient (Wildman–Crippen LogP) is 9.30. The van der Waals surface area contributed by atoms with Gasteiger partial charge in [-0.3, -0.25) is 0 Å². The molecule has 0 saturated heterocycles. The average Bonchev–Trinajstić information content (AvgIpc) is 2.86. The first-order valence-electron chi connectivity index (χ1n) is 14.6. The zero-order valence-electron chi connectivity index (χ0n) is 23.5. The number of hydrogen-bond donors (Lipinski definition) is 0. The summed E-state index contributed by atoms with van der Waals surface area (Å²) in [5, 5.41) is 0. The Bertz CT molecular complexity index is 461. The molecule has 0 bridgehead atoms. The zero-order chi connectivity index (χ0) is 26.0. The van der Waals surface area contributed by atoms with E-state index in [0.717, 1.165) is 37.2 Å². The minimum absolute atomic E-state index is 0.0284. The third kappa shape index (κ3) is 22.2. The van der Waals surface area contributed by atoms with Gasteiger partial charge in [-0.1, -0.05) is 0 Å². The number of hydrogen-bond acceptors (Lipinski definition) is 6. The van der Waals surface area contributed by atoms with Crippen LogP contribution in [0, 0.1) is 0 Å². The fraction of sp³-hybridized carbons (Fsp3) is 0.929. The molecule has 35 heavy (non-hydrogen) atoms. The maximum absolute atomic E-state index is 12.1. The molecule has 7 heteroatoms. The summed E-state index contributed by atoms with van der Waals surface area (Å²) < 4.78 is 13.9. The SMILES string of the molecule is CCCCCCCC(=O)OCC[S][Sn]([CH2]CCC)([CH2]CCC)[S]CCOC(=O)CCCCCCC. The second-order valence-corrected chi connectivity index (χ2v) is 36.2. The molecule has 0 heterocycles. The van der Waals surface area contributed by atoms with Gasteiger partial charge in [-0.05, 0) is 0 Å². The van der Waals surface area contributed by atoms with Crippen molar-refractivity contribution in [2.24, 2.45) is 0 Å². The first kappa shape index (κ1) is 35.4. The van der Waals surface area contributed by atoms with Gasteiger partial charge in [-0.25, -0.2) is 0 Å². The summed E-state index contributed by atoms with van der Waals surface area (Å²) in [5.41, 5.74) is 0. The van der Waals surface area contributed by atoms with E-state index in [9.17, 15) is 9.59 Å². The third-order valence-corrected chi connectivity index (χ3v) is 37.1. The summed E-state index contributed by atoms with van der Waals surface area (Å²) in [6.45, 7) is 10.1. The zero-order valence-corrected chi connectivity index (χ0v) is 28.0. The first-order valence-corrected chi connectivity index (χ1v) is 27.6. The Morgan fingerprint density at radius 2 is 0.914 bits per heavy atom. The van der Waals surface area contributed by atoms with Crippen LogP contribution in [0.25, 0.3) is 0 Å². The van der Waals surface area contributed by atoms with Crippen molar-refractivity contribution < 1.29 is 19.1 Å². The fourth-order valence-electron chi connectivity index (χ4n) is 4.00. The Kier molecular flexibility index (Phi) is 26.4. The molecule has 0 aromatic carbocycles. The van der Waals surface area contributed by atoms with Crippen LogP contribution in [0.5, 0.6) is 0 Å². The van der Waals surface area contributed by atoms with Crippen molar-refractivity contribution in [3.8, 4) is 0 Å². The van der Waals surface area contributed by atoms with Gasteiger partial charge in [-0.15, -0.1) is 0 Å². The van der Waals surface area contributed by atoms with Crippen molar-refractivity contribution in [2.45, 2.75) is 139 Å². The van der Waals surface area contributed by atoms with Crippen molar-refractivity contribution in [3.63, 3.8) is 0 Å². The van der Waals surface area contributed by atoms with Crippen molar-refractivity contribution in [1.29, 1.82) is 0 Å². The second-order valence-electron chi connectivity index (χ2n) is 9.58. The van der Waals surface area contributed by atoms with Crippen LogP contribution >= 0.6 is 17.9 Å². The van der Waals surface area contributed by atoms with E-state index in [0.29, 0.717) is 26.1 Å². The molecule has 0 amide bonds. The number of carbonyl (C=O) groups excluding carboxylic acids is 2. The number of esters is 2. The standard InChI is InChI=1S/2C10H20O2S.2C4H9.Sn/c2*1-2-3-4-5-6-7-10(11)12-8-9-13;2*1-3-4-2;/h2*13H,2-9H2,1H3;2*1,3-4H2,2H3;/q;;;;+2/p-2. The van der Waals surface area contributed by atoms with E-state index >= 15 is 0 Å². The first-order chi connectivity index (χ1) is 17.0.